The van der Waals surface area contributed by atoms with Crippen molar-refractivity contribution in [2.45, 2.75) is 26.2 Å². The molecule has 55 heavy (non-hydrogen) atoms. The number of pyridine rings is 2. The number of hydrogen-bond donors (Lipinski definition) is 0. The van der Waals surface area contributed by atoms with Gasteiger partial charge in [0.25, 0.3) is 0 Å². The van der Waals surface area contributed by atoms with Crippen molar-refractivity contribution in [3.05, 3.63) is 182 Å². The van der Waals surface area contributed by atoms with E-state index in [9.17, 15) is 0 Å². The first-order valence-electron chi connectivity index (χ1n) is 18.2. The fraction of sp³-hybridized carbons (Fsp3) is 0.0833. The molecule has 0 saturated carbocycles. The Hall–Kier alpha value is -5.31. The Labute approximate surface area is 337 Å². The fourth-order valence-corrected chi connectivity index (χ4v) is 12.0. The summed E-state index contributed by atoms with van der Waals surface area (Å²) in [7, 11) is -4.02. The molecule has 0 N–H and O–H groups in total. The Morgan fingerprint density at radius 1 is 0.545 bits per heavy atom. The van der Waals surface area contributed by atoms with E-state index in [4.69, 9.17) is 4.42 Å². The van der Waals surface area contributed by atoms with Crippen molar-refractivity contribution in [2.75, 3.05) is 0 Å². The monoisotopic (exact) mass is 927 g/mol. The van der Waals surface area contributed by atoms with Crippen LogP contribution in [-0.2, 0) is 20.1 Å². The Bertz CT molecular complexity index is 2640. The maximum atomic E-state index is 16.4. The number of aromatic nitrogens is 2. The Morgan fingerprint density at radius 3 is 1.87 bits per heavy atom. The minimum Gasteiger partial charge on any atom is -0.500 e. The van der Waals surface area contributed by atoms with Gasteiger partial charge in [-0.15, -0.1) is 54.1 Å². The summed E-state index contributed by atoms with van der Waals surface area (Å²) in [6, 6.07) is 57.4. The normalized spacial score (nSPS) is 11.6. The summed E-state index contributed by atoms with van der Waals surface area (Å²) in [4.78, 5) is 8.90. The summed E-state index contributed by atoms with van der Waals surface area (Å²) < 4.78 is 23.0. The molecule has 0 atom stereocenters. The van der Waals surface area contributed by atoms with Gasteiger partial charge in [0.05, 0.1) is 19.0 Å². The van der Waals surface area contributed by atoms with E-state index in [0.29, 0.717) is 16.6 Å². The summed E-state index contributed by atoms with van der Waals surface area (Å²) in [5, 5.41) is 8.03. The summed E-state index contributed by atoms with van der Waals surface area (Å²) in [6.45, 7) is 9.28. The van der Waals surface area contributed by atoms with Crippen molar-refractivity contribution in [3.8, 4) is 22.5 Å². The first-order valence-corrected chi connectivity index (χ1v) is 24.2. The number of halogens is 1. The molecule has 0 fully saturated rings. The van der Waals surface area contributed by atoms with Gasteiger partial charge in [0.15, 0.2) is 0 Å². The molecule has 0 aliphatic rings. The molecule has 7 heteroatoms. The van der Waals surface area contributed by atoms with E-state index in [2.05, 4.69) is 121 Å². The zero-order valence-electron chi connectivity index (χ0n) is 31.1. The third kappa shape index (κ3) is 7.41. The maximum Gasteiger partial charge on any atom is 0.145 e. The van der Waals surface area contributed by atoms with Gasteiger partial charge in [0.1, 0.15) is 19.5 Å². The Kier molecular flexibility index (Phi) is 10.9. The van der Waals surface area contributed by atoms with Gasteiger partial charge in [0.2, 0.25) is 0 Å². The van der Waals surface area contributed by atoms with E-state index in [1.165, 1.54) is 15.6 Å². The molecule has 9 aromatic rings. The number of furan rings is 1. The third-order valence-corrected chi connectivity index (χ3v) is 16.7. The third-order valence-electron chi connectivity index (χ3n) is 10.3. The zero-order valence-corrected chi connectivity index (χ0v) is 35.5. The van der Waals surface area contributed by atoms with E-state index in [1.807, 2.05) is 79.0 Å². The Morgan fingerprint density at radius 2 is 1.22 bits per heavy atom. The molecular weight excluding hydrogens is 888 g/mol. The molecule has 3 heterocycles. The molecule has 0 amide bonds. The van der Waals surface area contributed by atoms with Crippen LogP contribution in [0.4, 0.5) is 4.39 Å². The molecule has 0 aliphatic heterocycles. The van der Waals surface area contributed by atoms with Gasteiger partial charge in [-0.05, 0) is 50.5 Å². The van der Waals surface area contributed by atoms with Crippen LogP contribution in [0.1, 0.15) is 0 Å². The van der Waals surface area contributed by atoms with E-state index in [0.717, 1.165) is 43.9 Å². The topological polar surface area (TPSA) is 38.9 Å². The van der Waals surface area contributed by atoms with Crippen molar-refractivity contribution in [1.29, 1.82) is 0 Å². The molecule has 0 spiro atoms. The molecule has 273 valence electrons. The van der Waals surface area contributed by atoms with E-state index >= 15 is 4.39 Å². The zero-order chi connectivity index (χ0) is 37.3. The summed E-state index contributed by atoms with van der Waals surface area (Å²) in [5.41, 5.74) is 4.91. The van der Waals surface area contributed by atoms with Crippen LogP contribution in [0.15, 0.2) is 168 Å². The molecule has 0 saturated heterocycles. The average molecular weight is 927 g/mol. The van der Waals surface area contributed by atoms with Crippen LogP contribution in [-0.4, -0.2) is 26.1 Å². The van der Waals surface area contributed by atoms with Crippen LogP contribution in [0.5, 0.6) is 0 Å². The van der Waals surface area contributed by atoms with Gasteiger partial charge in [-0.1, -0.05) is 139 Å². The largest absolute Gasteiger partial charge is 0.500 e. The van der Waals surface area contributed by atoms with Gasteiger partial charge >= 0.3 is 0 Å². The first-order chi connectivity index (χ1) is 26.2. The molecule has 1 radical (unpaired) electrons. The van der Waals surface area contributed by atoms with Crippen LogP contribution < -0.4 is 20.7 Å². The van der Waals surface area contributed by atoms with Gasteiger partial charge in [-0.25, -0.2) is 4.39 Å². The van der Waals surface area contributed by atoms with Crippen LogP contribution in [0, 0.1) is 17.9 Å². The summed E-state index contributed by atoms with van der Waals surface area (Å²) >= 11 is 0. The molecule has 3 aromatic heterocycles. The number of benzene rings is 6. The van der Waals surface area contributed by atoms with Crippen LogP contribution in [0.25, 0.3) is 55.2 Å². The number of nitrogens with zero attached hydrogens (tertiary/aromatic N) is 2. The predicted molar refractivity (Wildman–Crippen MR) is 228 cm³/mol. The van der Waals surface area contributed by atoms with Crippen molar-refractivity contribution in [3.63, 3.8) is 0 Å². The quantitative estimate of drug-likeness (QED) is 0.0948. The minimum atomic E-state index is -2.48. The Balaban J connectivity index is 0.000000305. The molecule has 9 rings (SSSR count). The molecule has 0 bridgehead atoms. The van der Waals surface area contributed by atoms with Gasteiger partial charge < -0.3 is 14.4 Å². The standard InChI is InChI=1S/C37H31FNOSi2.C11H8N.Ir/c1-41(2,3)28-20-21-39-34(24-28)32-17-11-16-30-31-19-18-25-22-29(23-33(38)35(25)37(31)40-36(30)32)42(4,26-12-7-5-8-13-26)27-14-9-6-10-15-27;1-2-6-10(7-3-1)11-8-4-5-9-12-11;/h5-16,18-24H,1-4H3;1-6,8-9H;/q2*-1;. The van der Waals surface area contributed by atoms with Crippen molar-refractivity contribution in [2.24, 2.45) is 0 Å². The van der Waals surface area contributed by atoms with Crippen molar-refractivity contribution in [1.82, 2.24) is 9.97 Å². The summed E-state index contributed by atoms with van der Waals surface area (Å²) in [5.74, 6) is -0.262. The maximum absolute atomic E-state index is 16.4. The van der Waals surface area contributed by atoms with E-state index in [1.54, 1.807) is 12.3 Å². The van der Waals surface area contributed by atoms with Crippen LogP contribution in [0.2, 0.25) is 26.2 Å². The minimum absolute atomic E-state index is 0. The predicted octanol–water partition coefficient (Wildman–Crippen LogP) is 9.93. The SMILES string of the molecule is C[Si](C)(C)c1ccnc(-c2[c-]ccc3c2oc2c3ccc3cc([Si](C)(c4ccccc4)c4ccccc4)cc(F)c32)c1.[Ir].[c-]1ccccc1-c1ccccn1. The number of rotatable bonds is 6. The number of fused-ring (bicyclic) bond motifs is 5. The van der Waals surface area contributed by atoms with Gasteiger partial charge in [0, 0.05) is 37.9 Å². The first kappa shape index (κ1) is 38.0. The summed E-state index contributed by atoms with van der Waals surface area (Å²) in [6.07, 6.45) is 3.66. The average Bonchev–Trinajstić information content (AvgIpc) is 3.61. The molecule has 0 unspecified atom stereocenters. The molecule has 3 nitrogen and oxygen atoms in total. The van der Waals surface area contributed by atoms with Gasteiger partial charge in [-0.2, -0.15) is 0 Å². The fourth-order valence-electron chi connectivity index (χ4n) is 7.24. The molecule has 0 aliphatic carbocycles. The van der Waals surface area contributed by atoms with Gasteiger partial charge in [-0.3, -0.25) is 0 Å². The second-order valence-corrected chi connectivity index (χ2v) is 23.8. The van der Waals surface area contributed by atoms with Crippen LogP contribution >= 0.6 is 0 Å². The molecule has 6 aromatic carbocycles. The van der Waals surface area contributed by atoms with E-state index < -0.39 is 16.1 Å². The van der Waals surface area contributed by atoms with E-state index in [-0.39, 0.29) is 25.9 Å². The smallest absolute Gasteiger partial charge is 0.145 e. The number of hydrogen-bond acceptors (Lipinski definition) is 3. The second-order valence-electron chi connectivity index (χ2n) is 14.7. The second kappa shape index (κ2) is 15.8. The molecular formula is C48H39FIrN2OSi2-2. The van der Waals surface area contributed by atoms with Crippen LogP contribution in [0.3, 0.4) is 0 Å². The van der Waals surface area contributed by atoms with Crippen molar-refractivity contribution < 1.29 is 28.9 Å². The van der Waals surface area contributed by atoms with Crippen molar-refractivity contribution >= 4 is 69.6 Å².